The molecule has 17 heavy (non-hydrogen) atoms. The molecule has 2 aromatic rings. The quantitative estimate of drug-likeness (QED) is 0.852. The number of benzene rings is 1. The van der Waals surface area contributed by atoms with Gasteiger partial charge in [0.15, 0.2) is 0 Å². The fourth-order valence-electron chi connectivity index (χ4n) is 1.36. The molecule has 0 spiro atoms. The van der Waals surface area contributed by atoms with Gasteiger partial charge >= 0.3 is 0 Å². The van der Waals surface area contributed by atoms with Gasteiger partial charge in [-0.3, -0.25) is 0 Å². The standard InChI is InChI=1S/C12H9ClN4/c13-9-4-3-8(7-14)6-11(9)17-10-2-1-5-16-12(10)15/h1-6,17H,(H2,15,16). The smallest absolute Gasteiger partial charge is 0.147 e. The van der Waals surface area contributed by atoms with Crippen molar-refractivity contribution in [3.05, 3.63) is 47.1 Å². The topological polar surface area (TPSA) is 74.7 Å². The zero-order valence-corrected chi connectivity index (χ0v) is 9.57. The lowest BCUT2D eigenvalue weighted by atomic mass is 10.2. The Labute approximate surface area is 104 Å². The highest BCUT2D eigenvalue weighted by molar-refractivity contribution is 6.33. The van der Waals surface area contributed by atoms with Crippen LogP contribution in [-0.4, -0.2) is 4.98 Å². The van der Waals surface area contributed by atoms with Crippen LogP contribution in [0.2, 0.25) is 5.02 Å². The predicted molar refractivity (Wildman–Crippen MR) is 68.1 cm³/mol. The van der Waals surface area contributed by atoms with Gasteiger partial charge in [0.2, 0.25) is 0 Å². The molecule has 0 fully saturated rings. The first-order valence-corrected chi connectivity index (χ1v) is 5.25. The molecule has 0 saturated heterocycles. The van der Waals surface area contributed by atoms with Crippen molar-refractivity contribution >= 4 is 28.8 Å². The van der Waals surface area contributed by atoms with Gasteiger partial charge in [0, 0.05) is 6.20 Å². The number of nitrogens with zero attached hydrogens (tertiary/aromatic N) is 2. The average Bonchev–Trinajstić information content (AvgIpc) is 2.35. The largest absolute Gasteiger partial charge is 0.382 e. The highest BCUT2D eigenvalue weighted by atomic mass is 35.5. The molecular weight excluding hydrogens is 236 g/mol. The fraction of sp³-hybridized carbons (Fsp3) is 0. The Morgan fingerprint density at radius 3 is 2.82 bits per heavy atom. The Hall–Kier alpha value is -2.25. The Bertz CT molecular complexity index is 589. The number of pyridine rings is 1. The summed E-state index contributed by atoms with van der Waals surface area (Å²) in [6, 6.07) is 10.6. The minimum atomic E-state index is 0.380. The maximum atomic E-state index is 8.82. The van der Waals surface area contributed by atoms with E-state index in [9.17, 15) is 0 Å². The maximum absolute atomic E-state index is 8.82. The summed E-state index contributed by atoms with van der Waals surface area (Å²) in [5, 5.41) is 12.4. The highest BCUT2D eigenvalue weighted by Gasteiger charge is 2.04. The Kier molecular flexibility index (Phi) is 3.12. The Morgan fingerprint density at radius 2 is 2.12 bits per heavy atom. The number of nitrogens with two attached hydrogens (primary N) is 1. The van der Waals surface area contributed by atoms with Crippen LogP contribution >= 0.6 is 11.6 Å². The van der Waals surface area contributed by atoms with Gasteiger partial charge in [-0.1, -0.05) is 11.6 Å². The monoisotopic (exact) mass is 244 g/mol. The summed E-state index contributed by atoms with van der Waals surface area (Å²) in [4.78, 5) is 3.95. The summed E-state index contributed by atoms with van der Waals surface area (Å²) >= 11 is 6.02. The van der Waals surface area contributed by atoms with Gasteiger partial charge in [0.05, 0.1) is 28.0 Å². The van der Waals surface area contributed by atoms with Gasteiger partial charge in [-0.2, -0.15) is 5.26 Å². The Balaban J connectivity index is 2.37. The molecule has 0 unspecified atom stereocenters. The van der Waals surface area contributed by atoms with E-state index in [1.807, 2.05) is 6.07 Å². The molecule has 0 amide bonds. The number of halogens is 1. The average molecular weight is 245 g/mol. The molecule has 1 aromatic heterocycles. The minimum absolute atomic E-state index is 0.380. The molecule has 3 N–H and O–H groups in total. The van der Waals surface area contributed by atoms with Crippen molar-refractivity contribution in [2.75, 3.05) is 11.1 Å². The number of hydrogen-bond donors (Lipinski definition) is 2. The van der Waals surface area contributed by atoms with E-state index >= 15 is 0 Å². The van der Waals surface area contributed by atoms with E-state index in [-0.39, 0.29) is 0 Å². The summed E-state index contributed by atoms with van der Waals surface area (Å²) in [7, 11) is 0. The third-order valence-electron chi connectivity index (χ3n) is 2.20. The van der Waals surface area contributed by atoms with Crippen LogP contribution < -0.4 is 11.1 Å². The van der Waals surface area contributed by atoms with Crippen molar-refractivity contribution < 1.29 is 0 Å². The van der Waals surface area contributed by atoms with E-state index in [0.29, 0.717) is 27.8 Å². The zero-order valence-electron chi connectivity index (χ0n) is 8.81. The van der Waals surface area contributed by atoms with Crippen molar-refractivity contribution in [1.82, 2.24) is 4.98 Å². The number of rotatable bonds is 2. The van der Waals surface area contributed by atoms with E-state index in [1.165, 1.54) is 0 Å². The van der Waals surface area contributed by atoms with E-state index in [0.717, 1.165) is 0 Å². The Morgan fingerprint density at radius 1 is 1.29 bits per heavy atom. The molecule has 0 aliphatic rings. The first-order chi connectivity index (χ1) is 8.20. The van der Waals surface area contributed by atoms with E-state index in [2.05, 4.69) is 10.3 Å². The fourth-order valence-corrected chi connectivity index (χ4v) is 1.52. The first-order valence-electron chi connectivity index (χ1n) is 4.88. The molecule has 0 saturated carbocycles. The third kappa shape index (κ3) is 2.47. The van der Waals surface area contributed by atoms with Crippen molar-refractivity contribution in [2.24, 2.45) is 0 Å². The first kappa shape index (κ1) is 11.2. The summed E-state index contributed by atoms with van der Waals surface area (Å²) in [5.41, 5.74) is 7.52. The number of aromatic nitrogens is 1. The lowest BCUT2D eigenvalue weighted by Gasteiger charge is -2.09. The maximum Gasteiger partial charge on any atom is 0.147 e. The second kappa shape index (κ2) is 4.73. The summed E-state index contributed by atoms with van der Waals surface area (Å²) in [6.45, 7) is 0. The van der Waals surface area contributed by atoms with Gasteiger partial charge in [-0.25, -0.2) is 4.98 Å². The van der Waals surface area contributed by atoms with Crippen LogP contribution in [-0.2, 0) is 0 Å². The number of nitrogen functional groups attached to an aromatic ring is 1. The van der Waals surface area contributed by atoms with Crippen LogP contribution in [0.1, 0.15) is 5.56 Å². The molecular formula is C12H9ClN4. The van der Waals surface area contributed by atoms with Gasteiger partial charge in [-0.15, -0.1) is 0 Å². The lowest BCUT2D eigenvalue weighted by Crippen LogP contribution is -1.98. The van der Waals surface area contributed by atoms with Crippen LogP contribution in [0.3, 0.4) is 0 Å². The molecule has 84 valence electrons. The minimum Gasteiger partial charge on any atom is -0.382 e. The van der Waals surface area contributed by atoms with E-state index in [4.69, 9.17) is 22.6 Å². The molecule has 4 nitrogen and oxygen atoms in total. The molecule has 2 rings (SSSR count). The molecule has 0 aliphatic carbocycles. The van der Waals surface area contributed by atoms with Crippen molar-refractivity contribution in [1.29, 1.82) is 5.26 Å². The molecule has 0 atom stereocenters. The predicted octanol–water partition coefficient (Wildman–Crippen LogP) is 2.93. The van der Waals surface area contributed by atoms with Crippen molar-refractivity contribution in [3.63, 3.8) is 0 Å². The van der Waals surface area contributed by atoms with Crippen LogP contribution in [0.4, 0.5) is 17.2 Å². The number of hydrogen-bond acceptors (Lipinski definition) is 4. The molecule has 1 heterocycles. The summed E-state index contributed by atoms with van der Waals surface area (Å²) < 4.78 is 0. The van der Waals surface area contributed by atoms with Crippen LogP contribution in [0.15, 0.2) is 36.5 Å². The van der Waals surface area contributed by atoms with Gasteiger partial charge < -0.3 is 11.1 Å². The van der Waals surface area contributed by atoms with E-state index < -0.39 is 0 Å². The molecule has 0 radical (unpaired) electrons. The summed E-state index contributed by atoms with van der Waals surface area (Å²) in [6.07, 6.45) is 1.60. The molecule has 0 bridgehead atoms. The molecule has 5 heteroatoms. The van der Waals surface area contributed by atoms with Crippen molar-refractivity contribution in [3.8, 4) is 6.07 Å². The SMILES string of the molecule is N#Cc1ccc(Cl)c(Nc2cccnc2N)c1. The van der Waals surface area contributed by atoms with Gasteiger partial charge in [0.1, 0.15) is 5.82 Å². The third-order valence-corrected chi connectivity index (χ3v) is 2.53. The second-order valence-electron chi connectivity index (χ2n) is 3.37. The zero-order chi connectivity index (χ0) is 12.3. The second-order valence-corrected chi connectivity index (χ2v) is 3.77. The van der Waals surface area contributed by atoms with Gasteiger partial charge in [0.25, 0.3) is 0 Å². The van der Waals surface area contributed by atoms with Crippen LogP contribution in [0.25, 0.3) is 0 Å². The molecule has 0 aliphatic heterocycles. The lowest BCUT2D eigenvalue weighted by molar-refractivity contribution is 1.33. The summed E-state index contributed by atoms with van der Waals surface area (Å²) in [5.74, 6) is 0.380. The highest BCUT2D eigenvalue weighted by Crippen LogP contribution is 2.28. The number of nitriles is 1. The van der Waals surface area contributed by atoms with Crippen LogP contribution in [0.5, 0.6) is 0 Å². The number of nitrogens with one attached hydrogen (secondary N) is 1. The number of anilines is 3. The van der Waals surface area contributed by atoms with E-state index in [1.54, 1.807) is 36.5 Å². The molecule has 1 aromatic carbocycles. The van der Waals surface area contributed by atoms with Crippen molar-refractivity contribution in [2.45, 2.75) is 0 Å². The van der Waals surface area contributed by atoms with Gasteiger partial charge in [-0.05, 0) is 30.3 Å². The normalized spacial score (nSPS) is 9.65. The van der Waals surface area contributed by atoms with Crippen LogP contribution in [0, 0.1) is 11.3 Å².